The minimum Gasteiger partial charge on any atom is -0.378 e. The van der Waals surface area contributed by atoms with Crippen molar-refractivity contribution in [3.8, 4) is 0 Å². The molecule has 0 unspecified atom stereocenters. The first-order valence-corrected chi connectivity index (χ1v) is 9.91. The van der Waals surface area contributed by atoms with E-state index in [0.717, 1.165) is 27.9 Å². The van der Waals surface area contributed by atoms with E-state index in [-0.39, 0.29) is 12.1 Å². The second-order valence-corrected chi connectivity index (χ2v) is 7.77. The summed E-state index contributed by atoms with van der Waals surface area (Å²) in [6.45, 7) is 0. The van der Waals surface area contributed by atoms with Crippen LogP contribution in [0.4, 0.5) is 21.0 Å². The number of hydrogen-bond donors (Lipinski definition) is 2. The number of carbonyl (C=O) groups is 2. The molecule has 30 heavy (non-hydrogen) atoms. The van der Waals surface area contributed by atoms with E-state index in [4.69, 9.17) is 0 Å². The van der Waals surface area contributed by atoms with E-state index in [1.165, 1.54) is 4.90 Å². The number of nitrogens with one attached hydrogen (secondary N) is 2. The zero-order valence-electron chi connectivity index (χ0n) is 16.8. The lowest BCUT2D eigenvalue weighted by molar-refractivity contribution is 0.233. The highest BCUT2D eigenvalue weighted by atomic mass is 16.2. The number of carbonyl (C=O) groups excluding carboxylic acids is 2. The first-order chi connectivity index (χ1) is 14.5. The van der Waals surface area contributed by atoms with E-state index in [0.29, 0.717) is 5.69 Å². The molecule has 150 valence electrons. The van der Waals surface area contributed by atoms with Crippen molar-refractivity contribution >= 4 is 23.4 Å². The summed E-state index contributed by atoms with van der Waals surface area (Å²) in [6, 6.07) is 21.7. The molecular formula is C24H22N4O2. The van der Waals surface area contributed by atoms with Crippen molar-refractivity contribution in [2.45, 2.75) is 12.1 Å². The molecular weight excluding hydrogens is 376 g/mol. The van der Waals surface area contributed by atoms with Crippen LogP contribution < -0.4 is 20.4 Å². The van der Waals surface area contributed by atoms with Crippen molar-refractivity contribution in [1.29, 1.82) is 0 Å². The van der Waals surface area contributed by atoms with Gasteiger partial charge in [-0.25, -0.2) is 14.5 Å². The van der Waals surface area contributed by atoms with Crippen molar-refractivity contribution in [2.75, 3.05) is 23.9 Å². The number of amides is 4. The molecule has 0 spiro atoms. The predicted molar refractivity (Wildman–Crippen MR) is 117 cm³/mol. The lowest BCUT2D eigenvalue weighted by Gasteiger charge is -2.32. The molecule has 0 aromatic heterocycles. The molecule has 2 N–H and O–H groups in total. The fourth-order valence-electron chi connectivity index (χ4n) is 4.32. The summed E-state index contributed by atoms with van der Waals surface area (Å²) in [5.41, 5.74) is 5.51. The van der Waals surface area contributed by atoms with Crippen LogP contribution in [0.1, 0.15) is 34.3 Å². The van der Waals surface area contributed by atoms with Crippen molar-refractivity contribution in [3.05, 3.63) is 95.1 Å². The summed E-state index contributed by atoms with van der Waals surface area (Å²) in [5, 5.41) is 6.18. The van der Waals surface area contributed by atoms with Crippen LogP contribution in [-0.2, 0) is 0 Å². The third-order valence-corrected chi connectivity index (χ3v) is 5.80. The third kappa shape index (κ3) is 2.80. The Morgan fingerprint density at radius 3 is 1.43 bits per heavy atom. The quantitative estimate of drug-likeness (QED) is 0.681. The van der Waals surface area contributed by atoms with Crippen molar-refractivity contribution in [1.82, 2.24) is 10.6 Å². The van der Waals surface area contributed by atoms with Gasteiger partial charge in [0.1, 0.15) is 0 Å². The largest absolute Gasteiger partial charge is 0.378 e. The zero-order chi connectivity index (χ0) is 20.8. The standard InChI is InChI=1S/C24H22N4O2/c1-27(2)15-11-13-16(14-12-15)28-23(29)25-21-17-7-3-4-8-18(17)22(26-24(28)30)20-10-6-5-9-19(20)21/h3-14,21-22H,1-2H3,(H,25,29)(H,26,30). The highest BCUT2D eigenvalue weighted by Crippen LogP contribution is 2.41. The van der Waals surface area contributed by atoms with E-state index in [1.807, 2.05) is 79.7 Å². The van der Waals surface area contributed by atoms with Crippen molar-refractivity contribution < 1.29 is 9.59 Å². The number of imide groups is 1. The summed E-state index contributed by atoms with van der Waals surface area (Å²) in [4.78, 5) is 29.7. The molecule has 2 heterocycles. The van der Waals surface area contributed by atoms with Crippen LogP contribution >= 0.6 is 0 Å². The number of fused-ring (bicyclic) bond motifs is 4. The van der Waals surface area contributed by atoms with Gasteiger partial charge in [-0.3, -0.25) is 0 Å². The van der Waals surface area contributed by atoms with Crippen LogP contribution in [0.15, 0.2) is 72.8 Å². The Morgan fingerprint density at radius 2 is 1.07 bits per heavy atom. The van der Waals surface area contributed by atoms with Gasteiger partial charge in [0.2, 0.25) is 0 Å². The van der Waals surface area contributed by atoms with Gasteiger partial charge in [-0.1, -0.05) is 48.5 Å². The maximum absolute atomic E-state index is 13.3. The monoisotopic (exact) mass is 398 g/mol. The van der Waals surface area contributed by atoms with Gasteiger partial charge in [0.05, 0.1) is 17.8 Å². The average Bonchev–Trinajstić information content (AvgIpc) is 2.83. The topological polar surface area (TPSA) is 64.7 Å². The van der Waals surface area contributed by atoms with Gasteiger partial charge in [-0.15, -0.1) is 0 Å². The third-order valence-electron chi connectivity index (χ3n) is 5.80. The van der Waals surface area contributed by atoms with E-state index >= 15 is 0 Å². The van der Waals surface area contributed by atoms with Gasteiger partial charge < -0.3 is 15.5 Å². The fourth-order valence-corrected chi connectivity index (χ4v) is 4.32. The number of benzene rings is 3. The Kier molecular flexibility index (Phi) is 4.20. The summed E-state index contributed by atoms with van der Waals surface area (Å²) in [7, 11) is 3.89. The Bertz CT molecular complexity index is 1030. The van der Waals surface area contributed by atoms with Gasteiger partial charge in [-0.05, 0) is 46.5 Å². The molecule has 3 aliphatic rings. The zero-order valence-corrected chi connectivity index (χ0v) is 16.8. The van der Waals surface area contributed by atoms with Crippen molar-refractivity contribution in [3.63, 3.8) is 0 Å². The van der Waals surface area contributed by atoms with Gasteiger partial charge in [0, 0.05) is 19.8 Å². The molecule has 0 saturated carbocycles. The van der Waals surface area contributed by atoms with E-state index in [2.05, 4.69) is 10.6 Å². The summed E-state index contributed by atoms with van der Waals surface area (Å²) < 4.78 is 0. The Labute approximate surface area is 175 Å². The molecule has 3 aromatic carbocycles. The summed E-state index contributed by atoms with van der Waals surface area (Å²) in [6.07, 6.45) is 0. The maximum Gasteiger partial charge on any atom is 0.330 e. The van der Waals surface area contributed by atoms with Gasteiger partial charge >= 0.3 is 12.1 Å². The lowest BCUT2D eigenvalue weighted by atomic mass is 9.79. The first-order valence-electron chi connectivity index (χ1n) is 9.91. The lowest BCUT2D eigenvalue weighted by Crippen LogP contribution is -2.48. The summed E-state index contributed by atoms with van der Waals surface area (Å²) >= 11 is 0. The number of rotatable bonds is 2. The molecule has 1 aliphatic carbocycles. The maximum atomic E-state index is 13.3. The Hall–Kier alpha value is -3.80. The minimum absolute atomic E-state index is 0.322. The number of anilines is 2. The predicted octanol–water partition coefficient (Wildman–Crippen LogP) is 4.18. The van der Waals surface area contributed by atoms with Crippen molar-refractivity contribution in [2.24, 2.45) is 0 Å². The molecule has 6 heteroatoms. The van der Waals surface area contributed by atoms with Gasteiger partial charge in [0.25, 0.3) is 0 Å². The second kappa shape index (κ2) is 6.91. The number of hydrogen-bond acceptors (Lipinski definition) is 3. The molecule has 0 atom stereocenters. The average molecular weight is 398 g/mol. The molecule has 6 nitrogen and oxygen atoms in total. The second-order valence-electron chi connectivity index (χ2n) is 7.77. The molecule has 0 saturated heterocycles. The fraction of sp³-hybridized carbons (Fsp3) is 0.167. The summed E-state index contributed by atoms with van der Waals surface area (Å²) in [5.74, 6) is 0. The Morgan fingerprint density at radius 1 is 0.667 bits per heavy atom. The van der Waals surface area contributed by atoms with Crippen LogP contribution in [0.25, 0.3) is 0 Å². The minimum atomic E-state index is -0.456. The van der Waals surface area contributed by atoms with E-state index in [9.17, 15) is 9.59 Å². The van der Waals surface area contributed by atoms with Crippen LogP contribution in [0.2, 0.25) is 0 Å². The van der Waals surface area contributed by atoms with Crippen LogP contribution in [0, 0.1) is 0 Å². The van der Waals surface area contributed by atoms with Gasteiger partial charge in [0.15, 0.2) is 0 Å². The van der Waals surface area contributed by atoms with E-state index in [1.54, 1.807) is 12.1 Å². The normalized spacial score (nSPS) is 19.6. The molecule has 0 radical (unpaired) electrons. The van der Waals surface area contributed by atoms with Gasteiger partial charge in [-0.2, -0.15) is 0 Å². The molecule has 6 rings (SSSR count). The SMILES string of the molecule is CN(C)c1ccc(N2C(=O)NC3c4ccccc4C(NC2=O)c2ccccc23)cc1. The first kappa shape index (κ1) is 18.2. The number of nitrogens with zero attached hydrogens (tertiary/aromatic N) is 2. The van der Waals surface area contributed by atoms with Crippen LogP contribution in [0.5, 0.6) is 0 Å². The Balaban J connectivity index is 1.63. The molecule has 4 amide bonds. The molecule has 2 aliphatic heterocycles. The smallest absolute Gasteiger partial charge is 0.330 e. The molecule has 2 bridgehead atoms. The highest BCUT2D eigenvalue weighted by Gasteiger charge is 2.38. The highest BCUT2D eigenvalue weighted by molar-refractivity contribution is 6.14. The number of urea groups is 2. The van der Waals surface area contributed by atoms with Crippen LogP contribution in [0.3, 0.4) is 0 Å². The van der Waals surface area contributed by atoms with Crippen LogP contribution in [-0.4, -0.2) is 26.2 Å². The molecule has 0 fully saturated rings. The van der Waals surface area contributed by atoms with E-state index < -0.39 is 12.1 Å². The molecule has 3 aromatic rings.